The van der Waals surface area contributed by atoms with Crippen molar-refractivity contribution in [2.24, 2.45) is 10.2 Å². The average Bonchev–Trinajstić information content (AvgIpc) is 2.50. The molecule has 0 saturated carbocycles. The highest BCUT2D eigenvalue weighted by molar-refractivity contribution is 7.80. The first-order valence-corrected chi connectivity index (χ1v) is 6.45. The number of hydrogen-bond donors (Lipinski definition) is 4. The first-order valence-electron chi connectivity index (χ1n) is 5.64. The van der Waals surface area contributed by atoms with Gasteiger partial charge in [0.05, 0.1) is 6.21 Å². The number of thiocarbonyl (C=S) groups is 2. The van der Waals surface area contributed by atoms with Crippen LogP contribution in [-0.4, -0.2) is 41.2 Å². The minimum Gasteiger partial charge on any atom is -0.364 e. The Morgan fingerprint density at radius 3 is 2.50 bits per heavy atom. The highest BCUT2D eigenvalue weighted by Gasteiger charge is 2.01. The van der Waals surface area contributed by atoms with Gasteiger partial charge in [0.1, 0.15) is 5.71 Å². The van der Waals surface area contributed by atoms with E-state index in [1.54, 1.807) is 32.6 Å². The van der Waals surface area contributed by atoms with E-state index < -0.39 is 0 Å². The van der Waals surface area contributed by atoms with Gasteiger partial charge in [0.25, 0.3) is 0 Å². The fourth-order valence-corrected chi connectivity index (χ4v) is 1.16. The van der Waals surface area contributed by atoms with Crippen LogP contribution in [0.5, 0.6) is 0 Å². The maximum Gasteiger partial charge on any atom is 0.186 e. The van der Waals surface area contributed by atoms with Gasteiger partial charge in [-0.05, 0) is 36.6 Å². The minimum absolute atomic E-state index is 0.401. The molecule has 0 amide bonds. The molecule has 1 heterocycles. The van der Waals surface area contributed by atoms with Crippen molar-refractivity contribution in [3.63, 3.8) is 0 Å². The van der Waals surface area contributed by atoms with Gasteiger partial charge in [-0.2, -0.15) is 10.2 Å². The maximum atomic E-state index is 4.96. The molecule has 0 spiro atoms. The molecule has 0 atom stereocenters. The van der Waals surface area contributed by atoms with Crippen LogP contribution >= 0.6 is 24.4 Å². The zero-order chi connectivity index (χ0) is 14.8. The van der Waals surface area contributed by atoms with Crippen LogP contribution in [0.1, 0.15) is 5.56 Å². The fraction of sp³-hybridized carbons (Fsp3) is 0.182. The highest BCUT2D eigenvalue weighted by atomic mass is 32.1. The molecular formula is C11H15N7S2. The maximum absolute atomic E-state index is 4.96. The number of nitrogens with zero attached hydrogens (tertiary/aromatic N) is 3. The van der Waals surface area contributed by atoms with Crippen molar-refractivity contribution in [2.75, 3.05) is 14.1 Å². The molecule has 1 aromatic heterocycles. The Kier molecular flexibility index (Phi) is 7.07. The number of rotatable bonds is 4. The van der Waals surface area contributed by atoms with Crippen LogP contribution in [0.15, 0.2) is 34.7 Å². The lowest BCUT2D eigenvalue weighted by Crippen LogP contribution is -2.30. The van der Waals surface area contributed by atoms with Crippen molar-refractivity contribution in [1.29, 1.82) is 0 Å². The van der Waals surface area contributed by atoms with E-state index in [1.165, 1.54) is 6.21 Å². The van der Waals surface area contributed by atoms with Gasteiger partial charge in [-0.15, -0.1) is 0 Å². The molecule has 0 saturated heterocycles. The number of pyridine rings is 1. The Balaban J connectivity index is 2.85. The molecule has 0 unspecified atom stereocenters. The highest BCUT2D eigenvalue weighted by Crippen LogP contribution is 1.97. The van der Waals surface area contributed by atoms with Crippen LogP contribution in [0.4, 0.5) is 0 Å². The van der Waals surface area contributed by atoms with Crippen molar-refractivity contribution in [1.82, 2.24) is 26.5 Å². The summed E-state index contributed by atoms with van der Waals surface area (Å²) in [7, 11) is 3.41. The number of hydrogen-bond acceptors (Lipinski definition) is 5. The van der Waals surface area contributed by atoms with Gasteiger partial charge < -0.3 is 10.6 Å². The predicted octanol–water partition coefficient (Wildman–Crippen LogP) is -0.0407. The lowest BCUT2D eigenvalue weighted by molar-refractivity contribution is 0.971. The Hall–Kier alpha value is -2.13. The zero-order valence-electron chi connectivity index (χ0n) is 11.0. The normalized spacial score (nSPS) is 11.0. The van der Waals surface area contributed by atoms with E-state index in [1.807, 2.05) is 6.07 Å². The van der Waals surface area contributed by atoms with E-state index in [-0.39, 0.29) is 0 Å². The van der Waals surface area contributed by atoms with E-state index >= 15 is 0 Å². The quantitative estimate of drug-likeness (QED) is 0.353. The third kappa shape index (κ3) is 5.67. The summed E-state index contributed by atoms with van der Waals surface area (Å²) in [6.07, 6.45) is 4.87. The minimum atomic E-state index is 0.401. The summed E-state index contributed by atoms with van der Waals surface area (Å²) in [5.74, 6) is 0. The summed E-state index contributed by atoms with van der Waals surface area (Å²) in [5, 5.41) is 14.5. The predicted molar refractivity (Wildman–Crippen MR) is 88.9 cm³/mol. The Morgan fingerprint density at radius 1 is 1.20 bits per heavy atom. The SMILES string of the molecule is CNC(=S)N/N=C(\C=N\NC(=S)NC)c1cccnc1. The van der Waals surface area contributed by atoms with E-state index in [2.05, 4.69) is 36.7 Å². The van der Waals surface area contributed by atoms with E-state index in [4.69, 9.17) is 24.4 Å². The Labute approximate surface area is 127 Å². The molecule has 7 nitrogen and oxygen atoms in total. The van der Waals surface area contributed by atoms with Crippen molar-refractivity contribution in [3.05, 3.63) is 30.1 Å². The molecule has 1 aromatic rings. The van der Waals surface area contributed by atoms with Crippen molar-refractivity contribution < 1.29 is 0 Å². The van der Waals surface area contributed by atoms with Crippen molar-refractivity contribution in [3.8, 4) is 0 Å². The van der Waals surface area contributed by atoms with Gasteiger partial charge >= 0.3 is 0 Å². The molecular weight excluding hydrogens is 294 g/mol. The molecule has 0 aliphatic rings. The Morgan fingerprint density at radius 2 is 1.90 bits per heavy atom. The van der Waals surface area contributed by atoms with Gasteiger partial charge in [-0.3, -0.25) is 15.8 Å². The van der Waals surface area contributed by atoms with Crippen LogP contribution in [0.3, 0.4) is 0 Å². The molecule has 0 bridgehead atoms. The van der Waals surface area contributed by atoms with Gasteiger partial charge in [-0.25, -0.2) is 0 Å². The molecule has 0 aliphatic carbocycles. The third-order valence-electron chi connectivity index (χ3n) is 2.04. The second-order valence-electron chi connectivity index (χ2n) is 3.38. The molecule has 20 heavy (non-hydrogen) atoms. The van der Waals surface area contributed by atoms with E-state index in [0.717, 1.165) is 5.56 Å². The van der Waals surface area contributed by atoms with Crippen LogP contribution in [0, 0.1) is 0 Å². The molecule has 9 heteroatoms. The monoisotopic (exact) mass is 309 g/mol. The average molecular weight is 309 g/mol. The summed E-state index contributed by atoms with van der Waals surface area (Å²) in [6, 6.07) is 3.67. The first-order chi connectivity index (χ1) is 9.67. The first kappa shape index (κ1) is 15.9. The van der Waals surface area contributed by atoms with Crippen molar-refractivity contribution in [2.45, 2.75) is 0 Å². The third-order valence-corrected chi connectivity index (χ3v) is 2.63. The summed E-state index contributed by atoms with van der Waals surface area (Å²) in [4.78, 5) is 4.03. The van der Waals surface area contributed by atoms with Crippen LogP contribution in [0.25, 0.3) is 0 Å². The summed E-state index contributed by atoms with van der Waals surface area (Å²) in [5.41, 5.74) is 6.69. The number of hydrazone groups is 2. The second-order valence-corrected chi connectivity index (χ2v) is 4.20. The molecule has 0 radical (unpaired) electrons. The molecule has 0 fully saturated rings. The largest absolute Gasteiger partial charge is 0.364 e. The number of nitrogens with one attached hydrogen (secondary N) is 4. The van der Waals surface area contributed by atoms with Gasteiger partial charge in [-0.1, -0.05) is 0 Å². The molecule has 0 aliphatic heterocycles. The summed E-state index contributed by atoms with van der Waals surface area (Å²) in [6.45, 7) is 0. The van der Waals surface area contributed by atoms with Gasteiger partial charge in [0, 0.05) is 32.1 Å². The standard InChI is InChI=1S/C11H15N7S2/c1-12-10(19)17-15-7-9(16-18-11(20)13-2)8-4-3-5-14-6-8/h3-7H,1-2H3,(H2,12,17,19)(H2,13,18,20)/b15-7+,16-9+. The topological polar surface area (TPSA) is 85.7 Å². The Bertz CT molecular complexity index is 513. The van der Waals surface area contributed by atoms with Gasteiger partial charge in [0.2, 0.25) is 0 Å². The summed E-state index contributed by atoms with van der Waals surface area (Å²) >= 11 is 9.87. The lowest BCUT2D eigenvalue weighted by atomic mass is 10.2. The molecule has 1 rings (SSSR count). The van der Waals surface area contributed by atoms with Crippen LogP contribution < -0.4 is 21.5 Å². The van der Waals surface area contributed by atoms with Crippen LogP contribution in [-0.2, 0) is 0 Å². The molecule has 0 aromatic carbocycles. The lowest BCUT2D eigenvalue weighted by Gasteiger charge is -2.04. The molecule has 4 N–H and O–H groups in total. The van der Waals surface area contributed by atoms with Crippen molar-refractivity contribution >= 4 is 46.6 Å². The van der Waals surface area contributed by atoms with Crippen LogP contribution in [0.2, 0.25) is 0 Å². The molecule has 106 valence electrons. The summed E-state index contributed by atoms with van der Waals surface area (Å²) < 4.78 is 0. The van der Waals surface area contributed by atoms with E-state index in [0.29, 0.717) is 15.9 Å². The zero-order valence-corrected chi connectivity index (χ0v) is 12.7. The van der Waals surface area contributed by atoms with Gasteiger partial charge in [0.15, 0.2) is 10.2 Å². The van der Waals surface area contributed by atoms with E-state index in [9.17, 15) is 0 Å². The number of aromatic nitrogens is 1. The fourth-order valence-electron chi connectivity index (χ4n) is 1.06. The smallest absolute Gasteiger partial charge is 0.186 e. The second kappa shape index (κ2) is 8.88.